The Labute approximate surface area is 76.8 Å². The van der Waals surface area contributed by atoms with Gasteiger partial charge in [-0.25, -0.2) is 0 Å². The Balaban J connectivity index is 0.000000490. The summed E-state index contributed by atoms with van der Waals surface area (Å²) in [5.41, 5.74) is 0. The first-order valence-electron chi connectivity index (χ1n) is 2.97. The molecule has 44 valence electrons. The molecule has 4 heteroatoms. The van der Waals surface area contributed by atoms with E-state index >= 15 is 0 Å². The standard InChI is InChI=1S/C4H12OSi2.Na.H/c1-7-4-2-3-5-6-7;;/h7H,2-4,6H2,1H3;;. The molecule has 1 aliphatic heterocycles. The molecular formula is C4H13NaOSi2. The molecule has 1 heterocycles. The molecule has 1 rings (SSSR count). The second-order valence-corrected chi connectivity index (χ2v) is 11.0. The second-order valence-electron chi connectivity index (χ2n) is 2.32. The monoisotopic (exact) mass is 156 g/mol. The van der Waals surface area contributed by atoms with Crippen molar-refractivity contribution in [2.24, 2.45) is 0 Å². The van der Waals surface area contributed by atoms with Crippen LogP contribution in [-0.4, -0.2) is 53.8 Å². The minimum absolute atomic E-state index is 0. The van der Waals surface area contributed by atoms with Crippen LogP contribution < -0.4 is 0 Å². The van der Waals surface area contributed by atoms with Crippen molar-refractivity contribution in [3.05, 3.63) is 0 Å². The van der Waals surface area contributed by atoms with Gasteiger partial charge < -0.3 is 4.43 Å². The number of rotatable bonds is 0. The first-order valence-corrected chi connectivity index (χ1v) is 8.79. The van der Waals surface area contributed by atoms with Crippen molar-refractivity contribution in [2.45, 2.75) is 19.0 Å². The first kappa shape index (κ1) is 9.39. The minimum atomic E-state index is -0.178. The topological polar surface area (TPSA) is 9.23 Å². The Bertz CT molecular complexity index is 56.0. The van der Waals surface area contributed by atoms with E-state index in [9.17, 15) is 0 Å². The predicted molar refractivity (Wildman–Crippen MR) is 44.1 cm³/mol. The summed E-state index contributed by atoms with van der Waals surface area (Å²) in [5.74, 6) is 0. The molecule has 0 aromatic carbocycles. The Morgan fingerprint density at radius 3 is 2.62 bits per heavy atom. The van der Waals surface area contributed by atoms with Crippen molar-refractivity contribution in [1.82, 2.24) is 0 Å². The first-order chi connectivity index (χ1) is 3.39. The van der Waals surface area contributed by atoms with Crippen molar-refractivity contribution in [2.75, 3.05) is 6.61 Å². The number of hydrogen-bond donors (Lipinski definition) is 0. The van der Waals surface area contributed by atoms with Crippen LogP contribution in [0.15, 0.2) is 0 Å². The van der Waals surface area contributed by atoms with Crippen molar-refractivity contribution >= 4 is 47.2 Å². The van der Waals surface area contributed by atoms with E-state index in [4.69, 9.17) is 4.43 Å². The van der Waals surface area contributed by atoms with E-state index in [-0.39, 0.29) is 47.2 Å². The molecular weight excluding hydrogens is 143 g/mol. The molecule has 1 fully saturated rings. The van der Waals surface area contributed by atoms with Crippen molar-refractivity contribution in [3.63, 3.8) is 0 Å². The summed E-state index contributed by atoms with van der Waals surface area (Å²) >= 11 is 0. The van der Waals surface area contributed by atoms with Gasteiger partial charge in [0.2, 0.25) is 0 Å². The maximum absolute atomic E-state index is 5.38. The average molecular weight is 156 g/mol. The van der Waals surface area contributed by atoms with Crippen LogP contribution in [0.2, 0.25) is 12.6 Å². The van der Waals surface area contributed by atoms with Gasteiger partial charge in [0, 0.05) is 6.61 Å². The van der Waals surface area contributed by atoms with Gasteiger partial charge >= 0.3 is 29.6 Å². The van der Waals surface area contributed by atoms with Gasteiger partial charge in [0.25, 0.3) is 0 Å². The molecule has 1 atom stereocenters. The molecule has 0 saturated carbocycles. The van der Waals surface area contributed by atoms with Crippen LogP contribution in [0, 0.1) is 0 Å². The maximum atomic E-state index is 5.38. The van der Waals surface area contributed by atoms with Gasteiger partial charge in [-0.1, -0.05) is 12.6 Å². The van der Waals surface area contributed by atoms with E-state index in [1.807, 2.05) is 0 Å². The van der Waals surface area contributed by atoms with Crippen LogP contribution in [0.25, 0.3) is 0 Å². The van der Waals surface area contributed by atoms with Crippen LogP contribution in [0.1, 0.15) is 6.42 Å². The van der Waals surface area contributed by atoms with E-state index in [2.05, 4.69) is 6.55 Å². The second kappa shape index (κ2) is 5.20. The van der Waals surface area contributed by atoms with E-state index in [0.717, 1.165) is 6.61 Å². The molecule has 0 spiro atoms. The van der Waals surface area contributed by atoms with Gasteiger partial charge in [-0.05, 0) is 6.42 Å². The van der Waals surface area contributed by atoms with Crippen molar-refractivity contribution in [1.29, 1.82) is 0 Å². The fourth-order valence-electron chi connectivity index (χ4n) is 0.902. The van der Waals surface area contributed by atoms with E-state index in [1.54, 1.807) is 6.04 Å². The summed E-state index contributed by atoms with van der Waals surface area (Å²) in [6, 6.07) is 1.56. The summed E-state index contributed by atoms with van der Waals surface area (Å²) in [4.78, 5) is 0. The Morgan fingerprint density at radius 2 is 2.38 bits per heavy atom. The van der Waals surface area contributed by atoms with E-state index < -0.39 is 0 Å². The third-order valence-corrected chi connectivity index (χ3v) is 7.51. The average Bonchev–Trinajstić information content (AvgIpc) is 1.69. The fourth-order valence-corrected chi connectivity index (χ4v) is 5.78. The molecule has 0 N–H and O–H groups in total. The summed E-state index contributed by atoms with van der Waals surface area (Å²) < 4.78 is 5.38. The molecule has 0 amide bonds. The van der Waals surface area contributed by atoms with Crippen LogP contribution in [-0.2, 0) is 4.43 Å². The van der Waals surface area contributed by atoms with Crippen LogP contribution >= 0.6 is 0 Å². The van der Waals surface area contributed by atoms with Crippen molar-refractivity contribution < 1.29 is 4.43 Å². The Morgan fingerprint density at radius 1 is 1.62 bits per heavy atom. The summed E-state index contributed by atoms with van der Waals surface area (Å²) in [6.45, 7) is 3.52. The molecule has 1 aliphatic rings. The van der Waals surface area contributed by atoms with Gasteiger partial charge in [-0.15, -0.1) is 0 Å². The summed E-state index contributed by atoms with van der Waals surface area (Å²) in [5, 5.41) is 0. The zero-order chi connectivity index (χ0) is 5.11. The number of hydrogen-bond acceptors (Lipinski definition) is 1. The van der Waals surface area contributed by atoms with E-state index in [0.29, 0.717) is 0 Å². The molecule has 0 bridgehead atoms. The molecule has 8 heavy (non-hydrogen) atoms. The van der Waals surface area contributed by atoms with Crippen molar-refractivity contribution in [3.8, 4) is 0 Å². The van der Waals surface area contributed by atoms with Gasteiger partial charge in [0.05, 0.1) is 8.31 Å². The zero-order valence-electron chi connectivity index (χ0n) is 4.81. The SMILES string of the molecule is C[SiH]1CCCO[SiH2]1.[NaH]. The predicted octanol–water partition coefficient (Wildman–Crippen LogP) is -0.804. The van der Waals surface area contributed by atoms with Gasteiger partial charge in [-0.3, -0.25) is 0 Å². The zero-order valence-corrected chi connectivity index (χ0v) is 7.38. The normalized spacial score (nSPS) is 31.9. The molecule has 1 saturated heterocycles. The third-order valence-electron chi connectivity index (χ3n) is 1.39. The fraction of sp³-hybridized carbons (Fsp3) is 1.00. The Kier molecular flexibility index (Phi) is 6.11. The van der Waals surface area contributed by atoms with Crippen LogP contribution in [0.3, 0.4) is 0 Å². The molecule has 1 unspecified atom stereocenters. The van der Waals surface area contributed by atoms with Gasteiger partial charge in [-0.2, -0.15) is 0 Å². The Hall–Kier alpha value is 1.39. The van der Waals surface area contributed by atoms with Crippen LogP contribution in [0.5, 0.6) is 0 Å². The van der Waals surface area contributed by atoms with Gasteiger partial charge in [0.15, 0.2) is 0 Å². The summed E-state index contributed by atoms with van der Waals surface area (Å²) in [7, 11) is -0.106. The van der Waals surface area contributed by atoms with E-state index in [1.165, 1.54) is 6.42 Å². The summed E-state index contributed by atoms with van der Waals surface area (Å²) in [6.07, 6.45) is 1.36. The van der Waals surface area contributed by atoms with Gasteiger partial charge in [0.1, 0.15) is 9.28 Å². The quantitative estimate of drug-likeness (QED) is 0.417. The third kappa shape index (κ3) is 3.43. The molecule has 1 nitrogen and oxygen atoms in total. The van der Waals surface area contributed by atoms with Crippen LogP contribution in [0.4, 0.5) is 0 Å². The molecule has 0 aromatic heterocycles. The molecule has 0 aromatic rings. The molecule has 0 aliphatic carbocycles. The molecule has 0 radical (unpaired) electrons.